The SMILES string of the molecule is COc1ccsc1C(=O)c1c(Cl)cccc1Cl. The fourth-order valence-corrected chi connectivity index (χ4v) is 2.83. The lowest BCUT2D eigenvalue weighted by Crippen LogP contribution is -2.02. The Balaban J connectivity index is 2.51. The molecular weight excluding hydrogens is 279 g/mol. The van der Waals surface area contributed by atoms with Crippen LogP contribution in [0.4, 0.5) is 0 Å². The summed E-state index contributed by atoms with van der Waals surface area (Å²) in [4.78, 5) is 12.8. The summed E-state index contributed by atoms with van der Waals surface area (Å²) in [7, 11) is 1.52. The number of halogens is 2. The molecule has 1 heterocycles. The van der Waals surface area contributed by atoms with Crippen LogP contribution in [-0.2, 0) is 0 Å². The van der Waals surface area contributed by atoms with E-state index in [1.165, 1.54) is 18.4 Å². The fourth-order valence-electron chi connectivity index (χ4n) is 1.45. The van der Waals surface area contributed by atoms with Crippen molar-refractivity contribution in [3.63, 3.8) is 0 Å². The van der Waals surface area contributed by atoms with Crippen LogP contribution in [0.15, 0.2) is 29.6 Å². The third-order valence-corrected chi connectivity index (χ3v) is 3.77. The van der Waals surface area contributed by atoms with E-state index in [1.807, 2.05) is 0 Å². The lowest BCUT2D eigenvalue weighted by Gasteiger charge is -2.06. The first-order valence-corrected chi connectivity index (χ1v) is 6.39. The molecule has 1 aromatic carbocycles. The van der Waals surface area contributed by atoms with Crippen LogP contribution >= 0.6 is 34.5 Å². The topological polar surface area (TPSA) is 26.3 Å². The van der Waals surface area contributed by atoms with E-state index in [-0.39, 0.29) is 5.78 Å². The normalized spacial score (nSPS) is 10.3. The number of hydrogen-bond donors (Lipinski definition) is 0. The second-order valence-electron chi connectivity index (χ2n) is 3.24. The minimum Gasteiger partial charge on any atom is -0.495 e. The van der Waals surface area contributed by atoms with Gasteiger partial charge in [-0.15, -0.1) is 11.3 Å². The lowest BCUT2D eigenvalue weighted by molar-refractivity contribution is 0.104. The number of hydrogen-bond acceptors (Lipinski definition) is 3. The molecule has 0 aliphatic carbocycles. The smallest absolute Gasteiger partial charge is 0.209 e. The number of thiophene rings is 1. The Morgan fingerprint density at radius 2 is 1.88 bits per heavy atom. The Kier molecular flexibility index (Phi) is 3.72. The number of carbonyl (C=O) groups is 1. The first-order chi connectivity index (χ1) is 8.15. The summed E-state index contributed by atoms with van der Waals surface area (Å²) in [6.45, 7) is 0. The molecule has 0 spiro atoms. The van der Waals surface area contributed by atoms with Crippen molar-refractivity contribution in [3.8, 4) is 5.75 Å². The molecule has 0 bridgehead atoms. The zero-order valence-electron chi connectivity index (χ0n) is 8.87. The maximum absolute atomic E-state index is 12.3. The second-order valence-corrected chi connectivity index (χ2v) is 4.97. The molecule has 2 nitrogen and oxygen atoms in total. The van der Waals surface area contributed by atoms with Crippen molar-refractivity contribution in [2.24, 2.45) is 0 Å². The van der Waals surface area contributed by atoms with Crippen LogP contribution in [-0.4, -0.2) is 12.9 Å². The average molecular weight is 287 g/mol. The number of ether oxygens (including phenoxy) is 1. The van der Waals surface area contributed by atoms with Gasteiger partial charge in [-0.25, -0.2) is 0 Å². The molecule has 0 saturated heterocycles. The van der Waals surface area contributed by atoms with Crippen molar-refractivity contribution >= 4 is 40.3 Å². The molecule has 0 atom stereocenters. The van der Waals surface area contributed by atoms with Gasteiger partial charge in [-0.3, -0.25) is 4.79 Å². The quantitative estimate of drug-likeness (QED) is 0.787. The van der Waals surface area contributed by atoms with E-state index >= 15 is 0 Å². The third kappa shape index (κ3) is 2.32. The summed E-state index contributed by atoms with van der Waals surface area (Å²) in [6, 6.07) is 6.72. The predicted molar refractivity (Wildman–Crippen MR) is 70.8 cm³/mol. The van der Waals surface area contributed by atoms with Crippen LogP contribution in [0.3, 0.4) is 0 Å². The van der Waals surface area contributed by atoms with Crippen LogP contribution in [0.25, 0.3) is 0 Å². The van der Waals surface area contributed by atoms with E-state index in [4.69, 9.17) is 27.9 Å². The van der Waals surface area contributed by atoms with Gasteiger partial charge in [-0.05, 0) is 23.6 Å². The van der Waals surface area contributed by atoms with Gasteiger partial charge in [0, 0.05) is 0 Å². The van der Waals surface area contributed by atoms with E-state index in [9.17, 15) is 4.79 Å². The van der Waals surface area contributed by atoms with Crippen molar-refractivity contribution in [2.45, 2.75) is 0 Å². The summed E-state index contributed by atoms with van der Waals surface area (Å²) in [5.41, 5.74) is 0.316. The van der Waals surface area contributed by atoms with E-state index in [2.05, 4.69) is 0 Å². The van der Waals surface area contributed by atoms with Crippen LogP contribution in [0.5, 0.6) is 5.75 Å². The maximum atomic E-state index is 12.3. The third-order valence-electron chi connectivity index (χ3n) is 2.25. The van der Waals surface area contributed by atoms with Gasteiger partial charge in [0.2, 0.25) is 5.78 Å². The fraction of sp³-hybridized carbons (Fsp3) is 0.0833. The molecule has 0 saturated carbocycles. The summed E-state index contributed by atoms with van der Waals surface area (Å²) in [6.07, 6.45) is 0. The zero-order chi connectivity index (χ0) is 12.4. The monoisotopic (exact) mass is 286 g/mol. The van der Waals surface area contributed by atoms with Crippen molar-refractivity contribution in [1.82, 2.24) is 0 Å². The molecule has 0 unspecified atom stereocenters. The maximum Gasteiger partial charge on any atom is 0.209 e. The molecule has 0 aliphatic rings. The highest BCUT2D eigenvalue weighted by Gasteiger charge is 2.20. The Morgan fingerprint density at radius 3 is 2.47 bits per heavy atom. The summed E-state index contributed by atoms with van der Waals surface area (Å²) in [5.74, 6) is 0.323. The van der Waals surface area contributed by atoms with Crippen molar-refractivity contribution < 1.29 is 9.53 Å². The molecule has 2 aromatic rings. The molecule has 1 aromatic heterocycles. The largest absolute Gasteiger partial charge is 0.495 e. The summed E-state index contributed by atoms with van der Waals surface area (Å²) >= 11 is 13.3. The molecule has 0 N–H and O–H groups in total. The lowest BCUT2D eigenvalue weighted by atomic mass is 10.1. The van der Waals surface area contributed by atoms with E-state index in [0.29, 0.717) is 26.2 Å². The molecule has 2 rings (SSSR count). The van der Waals surface area contributed by atoms with Crippen molar-refractivity contribution in [3.05, 3.63) is 50.1 Å². The molecular formula is C12H8Cl2O2S. The molecule has 88 valence electrons. The van der Waals surface area contributed by atoms with Crippen molar-refractivity contribution in [1.29, 1.82) is 0 Å². The van der Waals surface area contributed by atoms with Gasteiger partial charge in [0.1, 0.15) is 10.6 Å². The standard InChI is InChI=1S/C12H8Cl2O2S/c1-16-9-5-6-17-12(9)11(15)10-7(13)3-2-4-8(10)14/h2-6H,1H3. The van der Waals surface area contributed by atoms with Crippen LogP contribution in [0.1, 0.15) is 15.2 Å². The second kappa shape index (κ2) is 5.08. The molecule has 0 radical (unpaired) electrons. The molecule has 17 heavy (non-hydrogen) atoms. The highest BCUT2D eigenvalue weighted by molar-refractivity contribution is 7.12. The van der Waals surface area contributed by atoms with E-state index in [0.717, 1.165) is 0 Å². The molecule has 0 amide bonds. The van der Waals surface area contributed by atoms with E-state index in [1.54, 1.807) is 29.6 Å². The van der Waals surface area contributed by atoms with Crippen LogP contribution < -0.4 is 4.74 Å². The number of rotatable bonds is 3. The molecule has 5 heteroatoms. The van der Waals surface area contributed by atoms with Crippen LogP contribution in [0.2, 0.25) is 10.0 Å². The van der Waals surface area contributed by atoms with Gasteiger partial charge >= 0.3 is 0 Å². The van der Waals surface area contributed by atoms with Gasteiger partial charge in [-0.2, -0.15) is 0 Å². The Hall–Kier alpha value is -1.03. The minimum atomic E-state index is -0.215. The summed E-state index contributed by atoms with van der Waals surface area (Å²) in [5, 5.41) is 2.48. The van der Waals surface area contributed by atoms with Gasteiger partial charge in [-0.1, -0.05) is 29.3 Å². The minimum absolute atomic E-state index is 0.215. The van der Waals surface area contributed by atoms with Gasteiger partial charge in [0.05, 0.1) is 22.7 Å². The molecule has 0 fully saturated rings. The number of ketones is 1. The number of carbonyl (C=O) groups excluding carboxylic acids is 1. The van der Waals surface area contributed by atoms with E-state index < -0.39 is 0 Å². The molecule has 0 aliphatic heterocycles. The highest BCUT2D eigenvalue weighted by Crippen LogP contribution is 2.32. The van der Waals surface area contributed by atoms with Gasteiger partial charge < -0.3 is 4.74 Å². The van der Waals surface area contributed by atoms with Crippen LogP contribution in [0, 0.1) is 0 Å². The number of benzene rings is 1. The highest BCUT2D eigenvalue weighted by atomic mass is 35.5. The zero-order valence-corrected chi connectivity index (χ0v) is 11.2. The number of methoxy groups -OCH3 is 1. The Morgan fingerprint density at radius 1 is 1.24 bits per heavy atom. The first-order valence-electron chi connectivity index (χ1n) is 4.75. The Bertz CT molecular complexity index is 543. The van der Waals surface area contributed by atoms with Gasteiger partial charge in [0.15, 0.2) is 0 Å². The predicted octanol–water partition coefficient (Wildman–Crippen LogP) is 4.29. The summed E-state index contributed by atoms with van der Waals surface area (Å²) < 4.78 is 5.11. The average Bonchev–Trinajstić information content (AvgIpc) is 2.76. The van der Waals surface area contributed by atoms with Crippen molar-refractivity contribution in [2.75, 3.05) is 7.11 Å². The van der Waals surface area contributed by atoms with Gasteiger partial charge in [0.25, 0.3) is 0 Å². The first kappa shape index (κ1) is 12.4. The Labute approximate surface area is 113 Å².